The van der Waals surface area contributed by atoms with E-state index in [4.69, 9.17) is 11.5 Å². The largest absolute Gasteiger partial charge is 0.397 e. The summed E-state index contributed by atoms with van der Waals surface area (Å²) in [5.41, 5.74) is 16.9. The van der Waals surface area contributed by atoms with Crippen LogP contribution in [0, 0.1) is 0 Å². The molecule has 0 unspecified atom stereocenters. The van der Waals surface area contributed by atoms with Crippen molar-refractivity contribution in [3.8, 4) is 0 Å². The summed E-state index contributed by atoms with van der Waals surface area (Å²) in [6, 6.07) is 21.0. The number of fused-ring (bicyclic) bond motifs is 1. The van der Waals surface area contributed by atoms with Crippen molar-refractivity contribution in [1.82, 2.24) is 0 Å². The lowest BCUT2D eigenvalue weighted by Crippen LogP contribution is -2.28. The molecule has 55 heavy (non-hydrogen) atoms. The van der Waals surface area contributed by atoms with Gasteiger partial charge in [0.25, 0.3) is 26.1 Å². The van der Waals surface area contributed by atoms with Crippen LogP contribution in [0.5, 0.6) is 0 Å². The number of nitrogens with two attached hydrogens (primary N) is 2. The molecule has 0 aliphatic heterocycles. The minimum atomic E-state index is -5.10. The number of ketones is 2. The Balaban J connectivity index is 1.22. The van der Waals surface area contributed by atoms with E-state index < -0.39 is 64.4 Å². The molecular formula is C35H27N9O9S2. The zero-order valence-electron chi connectivity index (χ0n) is 27.9. The first-order valence-electron chi connectivity index (χ1n) is 15.6. The van der Waals surface area contributed by atoms with Gasteiger partial charge in [-0.05, 0) is 90.5 Å². The van der Waals surface area contributed by atoms with E-state index in [0.717, 1.165) is 12.1 Å². The predicted molar refractivity (Wildman–Crippen MR) is 205 cm³/mol. The number of hydrogen-bond acceptors (Lipinski definition) is 15. The fourth-order valence-electron chi connectivity index (χ4n) is 5.11. The molecule has 0 saturated carbocycles. The molecular weight excluding hydrogens is 755 g/mol. The standard InChI is InChI=1S/C35H27N9O9S2/c36-26-18-25(45)14-15-27(26)42-39-24-12-10-21(11-13-24)38-35(47)19-6-8-23(9-7-19)41-43-32-28(54(48,49)50)16-20-17-29(55(51,52)53)33(34(46)30(20)31(32)37)44-40-22-4-2-1-3-5-22/h1-18,39-40H,36-37H2,(H,38,47)(H,48,49,50)(H,51,52,53)/b42-27+,43-41?,44-33+. The molecule has 2 aliphatic rings. The van der Waals surface area contributed by atoms with Crippen LogP contribution in [0.4, 0.5) is 34.1 Å². The molecule has 0 bridgehead atoms. The summed E-state index contributed by atoms with van der Waals surface area (Å²) in [5, 5.41) is 18.6. The van der Waals surface area contributed by atoms with Crippen LogP contribution in [-0.4, -0.2) is 54.8 Å². The monoisotopic (exact) mass is 781 g/mol. The van der Waals surface area contributed by atoms with Gasteiger partial charge in [0, 0.05) is 17.3 Å². The maximum absolute atomic E-state index is 13.6. The number of carbonyl (C=O) groups excluding carboxylic acids is 3. The maximum atomic E-state index is 13.6. The second-order valence-electron chi connectivity index (χ2n) is 11.5. The molecule has 4 aromatic rings. The Kier molecular flexibility index (Phi) is 10.3. The van der Waals surface area contributed by atoms with Crippen molar-refractivity contribution in [3.63, 3.8) is 0 Å². The first kappa shape index (κ1) is 37.6. The molecule has 2 aliphatic carbocycles. The third kappa shape index (κ3) is 8.58. The highest BCUT2D eigenvalue weighted by Crippen LogP contribution is 2.41. The van der Waals surface area contributed by atoms with Gasteiger partial charge >= 0.3 is 0 Å². The van der Waals surface area contributed by atoms with E-state index in [9.17, 15) is 40.3 Å². The van der Waals surface area contributed by atoms with E-state index in [1.807, 2.05) is 0 Å². The SMILES string of the molecule is NC1=CC(=O)C=C/C1=N\Nc1ccc(NC(=O)c2ccc(N=Nc3c(S(=O)(=O)O)cc4c(c3N)C(=O)/C(=N/Nc3ccccc3)C(S(=O)(=O)O)=C4)cc2)cc1. The van der Waals surface area contributed by atoms with Crippen LogP contribution >= 0.6 is 0 Å². The van der Waals surface area contributed by atoms with Gasteiger partial charge in [0.2, 0.25) is 5.78 Å². The Bertz CT molecular complexity index is 2670. The molecule has 0 spiro atoms. The zero-order valence-corrected chi connectivity index (χ0v) is 29.5. The number of carbonyl (C=O) groups is 3. The topological polar surface area (TPSA) is 298 Å². The average Bonchev–Trinajstić information content (AvgIpc) is 3.14. The summed E-state index contributed by atoms with van der Waals surface area (Å²) < 4.78 is 69.2. The molecule has 0 radical (unpaired) electrons. The number of nitrogens with one attached hydrogen (secondary N) is 3. The fourth-order valence-corrected chi connectivity index (χ4v) is 6.44. The van der Waals surface area contributed by atoms with Gasteiger partial charge < -0.3 is 16.8 Å². The molecule has 4 aromatic carbocycles. The second kappa shape index (κ2) is 15.1. The van der Waals surface area contributed by atoms with Crippen molar-refractivity contribution in [2.75, 3.05) is 21.9 Å². The van der Waals surface area contributed by atoms with Crippen LogP contribution in [0.25, 0.3) is 6.08 Å². The van der Waals surface area contributed by atoms with Crippen LogP contribution in [0.15, 0.2) is 139 Å². The number of azo groups is 1. The van der Waals surface area contributed by atoms with Crippen LogP contribution in [0.2, 0.25) is 0 Å². The summed E-state index contributed by atoms with van der Waals surface area (Å²) in [4.78, 5) is 36.1. The Morgan fingerprint density at radius 1 is 0.709 bits per heavy atom. The molecule has 0 atom stereocenters. The maximum Gasteiger partial charge on any atom is 0.296 e. The number of nitrogen functional groups attached to an aromatic ring is 1. The number of amides is 1. The number of para-hydroxylation sites is 1. The second-order valence-corrected chi connectivity index (χ2v) is 14.3. The summed E-state index contributed by atoms with van der Waals surface area (Å²) >= 11 is 0. The van der Waals surface area contributed by atoms with Gasteiger partial charge in [0.1, 0.15) is 21.2 Å². The Morgan fingerprint density at radius 3 is 1.98 bits per heavy atom. The van der Waals surface area contributed by atoms with Crippen molar-refractivity contribution in [2.24, 2.45) is 26.2 Å². The third-order valence-electron chi connectivity index (χ3n) is 7.76. The van der Waals surface area contributed by atoms with Crippen LogP contribution < -0.4 is 27.6 Å². The van der Waals surface area contributed by atoms with Gasteiger partial charge in [-0.15, -0.1) is 5.11 Å². The van der Waals surface area contributed by atoms with Gasteiger partial charge in [-0.25, -0.2) is 0 Å². The lowest BCUT2D eigenvalue weighted by molar-refractivity contribution is -0.110. The number of anilines is 4. The molecule has 6 rings (SSSR count). The number of hydrogen-bond donors (Lipinski definition) is 7. The number of Topliss-reactive ketones (excluding diaryl/α,β-unsaturated/α-hetero) is 1. The van der Waals surface area contributed by atoms with Crippen LogP contribution in [0.3, 0.4) is 0 Å². The number of allylic oxidation sites excluding steroid dienone is 4. The van der Waals surface area contributed by atoms with Crippen molar-refractivity contribution in [1.29, 1.82) is 0 Å². The lowest BCUT2D eigenvalue weighted by atomic mass is 9.92. The van der Waals surface area contributed by atoms with Crippen molar-refractivity contribution in [2.45, 2.75) is 4.90 Å². The van der Waals surface area contributed by atoms with Gasteiger partial charge in [-0.1, -0.05) is 18.2 Å². The quantitative estimate of drug-likeness (QED) is 0.0374. The highest BCUT2D eigenvalue weighted by atomic mass is 32.2. The Labute approximate surface area is 312 Å². The summed E-state index contributed by atoms with van der Waals surface area (Å²) in [6.07, 6.45) is 4.85. The Morgan fingerprint density at radius 2 is 1.35 bits per heavy atom. The van der Waals surface area contributed by atoms with Gasteiger partial charge in [-0.3, -0.25) is 34.3 Å². The highest BCUT2D eigenvalue weighted by Gasteiger charge is 2.37. The average molecular weight is 782 g/mol. The first-order chi connectivity index (χ1) is 26.1. The van der Waals surface area contributed by atoms with Gasteiger partial charge in [0.05, 0.1) is 34.0 Å². The van der Waals surface area contributed by atoms with Gasteiger partial charge in [-0.2, -0.15) is 32.2 Å². The number of benzene rings is 4. The smallest absolute Gasteiger partial charge is 0.296 e. The highest BCUT2D eigenvalue weighted by molar-refractivity contribution is 7.91. The van der Waals surface area contributed by atoms with Crippen LogP contribution in [-0.2, 0) is 25.0 Å². The lowest BCUT2D eigenvalue weighted by Gasteiger charge is -2.20. The first-order valence-corrected chi connectivity index (χ1v) is 18.5. The molecule has 0 aromatic heterocycles. The summed E-state index contributed by atoms with van der Waals surface area (Å²) in [7, 11) is -10.2. The van der Waals surface area contributed by atoms with E-state index in [0.29, 0.717) is 22.8 Å². The van der Waals surface area contributed by atoms with E-state index in [1.54, 1.807) is 54.6 Å². The van der Waals surface area contributed by atoms with Crippen molar-refractivity contribution in [3.05, 3.63) is 130 Å². The van der Waals surface area contributed by atoms with E-state index in [2.05, 4.69) is 36.6 Å². The molecule has 18 nitrogen and oxygen atoms in total. The normalized spacial score (nSPS) is 15.8. The molecule has 278 valence electrons. The number of hydrazone groups is 2. The fraction of sp³-hybridized carbons (Fsp3) is 0. The van der Waals surface area contributed by atoms with Crippen molar-refractivity contribution < 1.29 is 40.3 Å². The summed E-state index contributed by atoms with van der Waals surface area (Å²) in [5.74, 6) is -1.84. The number of nitrogens with zero attached hydrogens (tertiary/aromatic N) is 4. The molecule has 0 saturated heterocycles. The molecule has 0 fully saturated rings. The van der Waals surface area contributed by atoms with E-state index in [-0.39, 0.29) is 28.3 Å². The van der Waals surface area contributed by atoms with E-state index >= 15 is 0 Å². The van der Waals surface area contributed by atoms with E-state index in [1.165, 1.54) is 42.5 Å². The number of rotatable bonds is 10. The van der Waals surface area contributed by atoms with Crippen molar-refractivity contribution >= 4 is 89.3 Å². The predicted octanol–water partition coefficient (Wildman–Crippen LogP) is 4.83. The Hall–Kier alpha value is -7.13. The molecule has 1 amide bonds. The molecule has 9 N–H and O–H groups in total. The van der Waals surface area contributed by atoms with Crippen LogP contribution in [0.1, 0.15) is 26.3 Å². The zero-order chi connectivity index (χ0) is 39.5. The minimum absolute atomic E-state index is 0.105. The molecule has 20 heteroatoms. The third-order valence-corrected chi connectivity index (χ3v) is 9.50. The van der Waals surface area contributed by atoms with Gasteiger partial charge in [0.15, 0.2) is 11.5 Å². The summed E-state index contributed by atoms with van der Waals surface area (Å²) in [6.45, 7) is 0. The molecule has 0 heterocycles. The minimum Gasteiger partial charge on any atom is -0.397 e.